The normalized spacial score (nSPS) is 16.8. The fourth-order valence-corrected chi connectivity index (χ4v) is 5.39. The molecule has 2 atom stereocenters. The number of anilines is 1. The molecule has 2 aromatic heterocycles. The van der Waals surface area contributed by atoms with Crippen LogP contribution in [0.4, 0.5) is 10.5 Å². The van der Waals surface area contributed by atoms with Crippen LogP contribution in [0.15, 0.2) is 53.7 Å². The first kappa shape index (κ1) is 24.7. The van der Waals surface area contributed by atoms with Crippen LogP contribution in [0.3, 0.4) is 0 Å². The topological polar surface area (TPSA) is 67.4 Å². The number of fused-ring (bicyclic) bond motifs is 1. The molecule has 1 fully saturated rings. The number of carbonyl (C=O) groups excluding carboxylic acids is 1. The van der Waals surface area contributed by atoms with Gasteiger partial charge in [-0.15, -0.1) is 11.8 Å². The lowest BCUT2D eigenvalue weighted by Crippen LogP contribution is -2.33. The van der Waals surface area contributed by atoms with Gasteiger partial charge in [-0.3, -0.25) is 9.97 Å². The van der Waals surface area contributed by atoms with E-state index in [-0.39, 0.29) is 23.5 Å². The van der Waals surface area contributed by atoms with Crippen LogP contribution in [-0.4, -0.2) is 50.7 Å². The number of thiol groups is 1. The smallest absolute Gasteiger partial charge is 0.410 e. The van der Waals surface area contributed by atoms with E-state index in [0.29, 0.717) is 13.1 Å². The molecule has 4 rings (SSSR count). The van der Waals surface area contributed by atoms with Crippen molar-refractivity contribution in [3.8, 4) is 0 Å². The Morgan fingerprint density at radius 1 is 1.26 bits per heavy atom. The Morgan fingerprint density at radius 3 is 2.88 bits per heavy atom. The summed E-state index contributed by atoms with van der Waals surface area (Å²) < 4.78 is 5.52. The zero-order valence-electron chi connectivity index (χ0n) is 19.9. The average molecular weight is 497 g/mol. The average Bonchev–Trinajstić information content (AvgIpc) is 3.23. The van der Waals surface area contributed by atoms with Crippen molar-refractivity contribution in [2.75, 3.05) is 17.6 Å². The third-order valence-corrected chi connectivity index (χ3v) is 7.96. The van der Waals surface area contributed by atoms with Crippen molar-refractivity contribution >= 4 is 47.1 Å². The molecule has 34 heavy (non-hydrogen) atoms. The molecular formula is C26H32N4O2S2. The number of pyridine rings is 2. The van der Waals surface area contributed by atoms with Gasteiger partial charge in [-0.1, -0.05) is 18.2 Å². The Labute approximate surface area is 211 Å². The number of thioether (sulfide) groups is 1. The van der Waals surface area contributed by atoms with Gasteiger partial charge in [0.1, 0.15) is 6.10 Å². The van der Waals surface area contributed by atoms with Gasteiger partial charge in [0, 0.05) is 27.8 Å². The van der Waals surface area contributed by atoms with Crippen LogP contribution in [0.25, 0.3) is 10.9 Å². The van der Waals surface area contributed by atoms with E-state index in [4.69, 9.17) is 17.4 Å². The molecule has 1 aliphatic heterocycles. The second kappa shape index (κ2) is 11.3. The first-order chi connectivity index (χ1) is 16.4. The van der Waals surface area contributed by atoms with E-state index >= 15 is 0 Å². The number of cyclic esters (lactones) is 1. The summed E-state index contributed by atoms with van der Waals surface area (Å²) in [6.45, 7) is 7.42. The molecule has 0 aliphatic carbocycles. The number of rotatable bonds is 10. The summed E-state index contributed by atoms with van der Waals surface area (Å²) in [5.74, 6) is 0.984. The minimum atomic E-state index is -0.221. The summed E-state index contributed by atoms with van der Waals surface area (Å²) in [5.41, 5.74) is 4.22. The molecule has 1 amide bonds. The molecule has 1 aromatic carbocycles. The molecule has 180 valence electrons. The SMILES string of the molecule is Cc1c(SCCCC(S)C2CN(C(C)C)C(=O)O2)ccnc1CNc1cnc2ccccc2c1. The predicted molar refractivity (Wildman–Crippen MR) is 143 cm³/mol. The third kappa shape index (κ3) is 5.96. The lowest BCUT2D eigenvalue weighted by Gasteiger charge is -2.19. The molecule has 0 saturated carbocycles. The zero-order valence-corrected chi connectivity index (χ0v) is 21.6. The maximum Gasteiger partial charge on any atom is 0.410 e. The van der Waals surface area contributed by atoms with Crippen molar-refractivity contribution in [1.29, 1.82) is 0 Å². The molecule has 1 aliphatic rings. The van der Waals surface area contributed by atoms with Crippen LogP contribution < -0.4 is 5.32 Å². The maximum absolute atomic E-state index is 12.0. The summed E-state index contributed by atoms with van der Waals surface area (Å²) in [7, 11) is 0. The molecule has 6 nitrogen and oxygen atoms in total. The van der Waals surface area contributed by atoms with E-state index in [2.05, 4.69) is 40.4 Å². The number of ether oxygens (including phenoxy) is 1. The third-order valence-electron chi connectivity index (χ3n) is 6.13. The standard InChI is InChI=1S/C26H32N4O2S2/c1-17(2)30-16-23(32-26(30)31)24(33)9-6-12-34-25-10-11-27-22(18(25)3)15-28-20-13-19-7-4-5-8-21(19)29-14-20/h4-5,7-8,10-11,13-14,17,23-24,28,33H,6,9,12,15-16H2,1-3H3. The molecule has 3 aromatic rings. The van der Waals surface area contributed by atoms with Gasteiger partial charge in [-0.05, 0) is 63.1 Å². The van der Waals surface area contributed by atoms with Crippen molar-refractivity contribution < 1.29 is 9.53 Å². The molecule has 3 heterocycles. The van der Waals surface area contributed by atoms with Gasteiger partial charge in [0.05, 0.1) is 36.2 Å². The molecule has 0 spiro atoms. The van der Waals surface area contributed by atoms with Crippen LogP contribution in [0.1, 0.15) is 37.9 Å². The van der Waals surface area contributed by atoms with Gasteiger partial charge in [0.15, 0.2) is 0 Å². The summed E-state index contributed by atoms with van der Waals surface area (Å²) in [5, 5.41) is 4.64. The van der Waals surface area contributed by atoms with Crippen molar-refractivity contribution in [3.63, 3.8) is 0 Å². The van der Waals surface area contributed by atoms with E-state index in [1.165, 1.54) is 10.5 Å². The first-order valence-electron chi connectivity index (χ1n) is 11.7. The second-order valence-electron chi connectivity index (χ2n) is 8.88. The van der Waals surface area contributed by atoms with Crippen molar-refractivity contribution in [2.45, 2.75) is 62.4 Å². The number of nitrogens with one attached hydrogen (secondary N) is 1. The lowest BCUT2D eigenvalue weighted by atomic mass is 10.1. The number of carbonyl (C=O) groups is 1. The summed E-state index contributed by atoms with van der Waals surface area (Å²) >= 11 is 6.56. The number of hydrogen-bond acceptors (Lipinski definition) is 7. The Kier molecular flexibility index (Phi) is 8.21. The highest BCUT2D eigenvalue weighted by Gasteiger charge is 2.36. The van der Waals surface area contributed by atoms with Gasteiger partial charge >= 0.3 is 6.09 Å². The van der Waals surface area contributed by atoms with Crippen LogP contribution in [0, 0.1) is 6.92 Å². The number of amides is 1. The minimum Gasteiger partial charge on any atom is -0.443 e. The second-order valence-corrected chi connectivity index (χ2v) is 10.7. The van der Waals surface area contributed by atoms with E-state index in [1.54, 1.807) is 4.90 Å². The maximum atomic E-state index is 12.0. The van der Waals surface area contributed by atoms with E-state index in [0.717, 1.165) is 40.9 Å². The Bertz CT molecular complexity index is 1140. The molecular weight excluding hydrogens is 464 g/mol. The summed E-state index contributed by atoms with van der Waals surface area (Å²) in [6, 6.07) is 12.5. The molecule has 0 radical (unpaired) electrons. The van der Waals surface area contributed by atoms with Gasteiger partial charge in [-0.2, -0.15) is 12.6 Å². The fourth-order valence-electron chi connectivity index (χ4n) is 4.03. The van der Waals surface area contributed by atoms with Crippen LogP contribution in [0.5, 0.6) is 0 Å². The van der Waals surface area contributed by atoms with Crippen LogP contribution in [-0.2, 0) is 11.3 Å². The monoisotopic (exact) mass is 496 g/mol. The molecule has 1 saturated heterocycles. The van der Waals surface area contributed by atoms with Crippen LogP contribution in [0.2, 0.25) is 0 Å². The number of benzene rings is 1. The highest BCUT2D eigenvalue weighted by molar-refractivity contribution is 7.99. The number of hydrogen-bond donors (Lipinski definition) is 2. The first-order valence-corrected chi connectivity index (χ1v) is 13.2. The zero-order chi connectivity index (χ0) is 24.1. The Balaban J connectivity index is 1.26. The predicted octanol–water partition coefficient (Wildman–Crippen LogP) is 5.95. The quantitative estimate of drug-likeness (QED) is 0.205. The number of para-hydroxylation sites is 1. The van der Waals surface area contributed by atoms with E-state index < -0.39 is 0 Å². The van der Waals surface area contributed by atoms with Crippen molar-refractivity contribution in [1.82, 2.24) is 14.9 Å². The van der Waals surface area contributed by atoms with Crippen molar-refractivity contribution in [2.24, 2.45) is 0 Å². The molecule has 2 unspecified atom stereocenters. The number of nitrogens with zero attached hydrogens (tertiary/aromatic N) is 3. The minimum absolute atomic E-state index is 0.0576. The Hall–Kier alpha value is -2.45. The van der Waals surface area contributed by atoms with E-state index in [9.17, 15) is 4.79 Å². The Morgan fingerprint density at radius 2 is 2.09 bits per heavy atom. The van der Waals surface area contributed by atoms with Gasteiger partial charge in [0.25, 0.3) is 0 Å². The van der Waals surface area contributed by atoms with Crippen LogP contribution >= 0.6 is 24.4 Å². The van der Waals surface area contributed by atoms with Gasteiger partial charge in [0.2, 0.25) is 0 Å². The highest BCUT2D eigenvalue weighted by atomic mass is 32.2. The fraction of sp³-hybridized carbons (Fsp3) is 0.423. The lowest BCUT2D eigenvalue weighted by molar-refractivity contribution is 0.128. The molecule has 1 N–H and O–H groups in total. The summed E-state index contributed by atoms with van der Waals surface area (Å²) in [6.07, 6.45) is 5.31. The van der Waals surface area contributed by atoms with Gasteiger partial charge < -0.3 is 15.0 Å². The summed E-state index contributed by atoms with van der Waals surface area (Å²) in [4.78, 5) is 24.1. The van der Waals surface area contributed by atoms with E-state index in [1.807, 2.05) is 56.2 Å². The number of aromatic nitrogens is 2. The largest absolute Gasteiger partial charge is 0.443 e. The molecule has 0 bridgehead atoms. The molecule has 8 heteroatoms. The highest BCUT2D eigenvalue weighted by Crippen LogP contribution is 2.28. The van der Waals surface area contributed by atoms with Gasteiger partial charge in [-0.25, -0.2) is 4.79 Å². The van der Waals surface area contributed by atoms with Crippen molar-refractivity contribution in [3.05, 3.63) is 60.0 Å².